The summed E-state index contributed by atoms with van der Waals surface area (Å²) in [5.74, 6) is 0.666. The van der Waals surface area contributed by atoms with Gasteiger partial charge in [0.25, 0.3) is 5.91 Å². The molecular weight excluding hydrogens is 398 g/mol. The molecule has 1 aromatic heterocycles. The number of pyridine rings is 1. The van der Waals surface area contributed by atoms with Gasteiger partial charge in [0.1, 0.15) is 17.1 Å². The predicted molar refractivity (Wildman–Crippen MR) is 117 cm³/mol. The number of carbonyl (C=O) groups is 2. The number of anilines is 2. The number of benzene rings is 2. The first kappa shape index (κ1) is 20.6. The summed E-state index contributed by atoms with van der Waals surface area (Å²) in [7, 11) is 1.32. The molecule has 0 atom stereocenters. The molecule has 1 saturated heterocycles. The molecule has 1 aliphatic rings. The summed E-state index contributed by atoms with van der Waals surface area (Å²) in [6, 6.07) is 16.1. The maximum Gasteiger partial charge on any atom is 0.337 e. The highest BCUT2D eigenvalue weighted by Crippen LogP contribution is 2.27. The first-order valence-corrected chi connectivity index (χ1v) is 9.97. The van der Waals surface area contributed by atoms with Crippen LogP contribution < -0.4 is 15.0 Å². The molecule has 1 N–H and O–H groups in total. The van der Waals surface area contributed by atoms with Crippen molar-refractivity contribution in [2.45, 2.75) is 0 Å². The summed E-state index contributed by atoms with van der Waals surface area (Å²) >= 11 is 0. The van der Waals surface area contributed by atoms with Crippen LogP contribution in [0.2, 0.25) is 0 Å². The largest absolute Gasteiger partial charge is 0.481 e. The van der Waals surface area contributed by atoms with Crippen LogP contribution in [0.5, 0.6) is 5.75 Å². The van der Waals surface area contributed by atoms with Crippen molar-refractivity contribution in [2.75, 3.05) is 50.2 Å². The Bertz CT molecular complexity index is 1080. The number of ether oxygens (including phenoxy) is 3. The first-order chi connectivity index (χ1) is 15.1. The normalized spacial score (nSPS) is 13.6. The SMILES string of the molecule is COC(=O)c1ccc(NC(=O)COc2cccc3ccc(N4CCOCC4)nc23)cc1. The molecule has 2 aromatic carbocycles. The molecule has 1 fully saturated rings. The van der Waals surface area contributed by atoms with Crippen LogP contribution >= 0.6 is 0 Å². The topological polar surface area (TPSA) is 90.0 Å². The maximum atomic E-state index is 12.3. The van der Waals surface area contributed by atoms with Crippen LogP contribution in [0.3, 0.4) is 0 Å². The number of hydrogen-bond acceptors (Lipinski definition) is 7. The van der Waals surface area contributed by atoms with E-state index in [0.29, 0.717) is 35.7 Å². The van der Waals surface area contributed by atoms with Gasteiger partial charge in [0.15, 0.2) is 6.61 Å². The van der Waals surface area contributed by atoms with E-state index in [4.69, 9.17) is 14.5 Å². The van der Waals surface area contributed by atoms with Gasteiger partial charge in [0.2, 0.25) is 0 Å². The Hall–Kier alpha value is -3.65. The molecule has 31 heavy (non-hydrogen) atoms. The van der Waals surface area contributed by atoms with Crippen molar-refractivity contribution in [3.8, 4) is 5.75 Å². The van der Waals surface area contributed by atoms with Crippen molar-refractivity contribution in [3.05, 3.63) is 60.2 Å². The molecule has 3 aromatic rings. The molecule has 8 nitrogen and oxygen atoms in total. The summed E-state index contributed by atoms with van der Waals surface area (Å²) in [5.41, 5.74) is 1.68. The molecule has 0 spiro atoms. The summed E-state index contributed by atoms with van der Waals surface area (Å²) < 4.78 is 15.9. The van der Waals surface area contributed by atoms with E-state index >= 15 is 0 Å². The number of amides is 1. The Morgan fingerprint density at radius 1 is 1.06 bits per heavy atom. The van der Waals surface area contributed by atoms with E-state index in [-0.39, 0.29) is 12.5 Å². The smallest absolute Gasteiger partial charge is 0.337 e. The van der Waals surface area contributed by atoms with Gasteiger partial charge in [-0.25, -0.2) is 9.78 Å². The second-order valence-electron chi connectivity index (χ2n) is 7.00. The number of esters is 1. The molecule has 4 rings (SSSR count). The van der Waals surface area contributed by atoms with Crippen molar-refractivity contribution in [2.24, 2.45) is 0 Å². The average Bonchev–Trinajstić information content (AvgIpc) is 2.83. The van der Waals surface area contributed by atoms with E-state index in [1.807, 2.05) is 24.3 Å². The van der Waals surface area contributed by atoms with Crippen LogP contribution in [-0.4, -0.2) is 56.9 Å². The molecule has 1 aliphatic heterocycles. The number of hydrogen-bond donors (Lipinski definition) is 1. The van der Waals surface area contributed by atoms with E-state index in [0.717, 1.165) is 24.3 Å². The quantitative estimate of drug-likeness (QED) is 0.612. The Morgan fingerprint density at radius 3 is 2.58 bits per heavy atom. The molecule has 0 saturated carbocycles. The third-order valence-corrected chi connectivity index (χ3v) is 4.95. The second-order valence-corrected chi connectivity index (χ2v) is 7.00. The lowest BCUT2D eigenvalue weighted by Gasteiger charge is -2.28. The minimum Gasteiger partial charge on any atom is -0.481 e. The Kier molecular flexibility index (Phi) is 6.28. The summed E-state index contributed by atoms with van der Waals surface area (Å²) in [6.07, 6.45) is 0. The van der Waals surface area contributed by atoms with E-state index in [1.165, 1.54) is 7.11 Å². The third-order valence-electron chi connectivity index (χ3n) is 4.95. The van der Waals surface area contributed by atoms with Gasteiger partial charge in [-0.2, -0.15) is 0 Å². The number of aromatic nitrogens is 1. The highest BCUT2D eigenvalue weighted by atomic mass is 16.5. The number of rotatable bonds is 6. The fourth-order valence-corrected chi connectivity index (χ4v) is 3.34. The Balaban J connectivity index is 1.43. The fraction of sp³-hybridized carbons (Fsp3) is 0.261. The highest BCUT2D eigenvalue weighted by molar-refractivity contribution is 5.94. The Labute approximate surface area is 179 Å². The van der Waals surface area contributed by atoms with Crippen LogP contribution in [0.15, 0.2) is 54.6 Å². The van der Waals surface area contributed by atoms with Crippen molar-refractivity contribution in [1.29, 1.82) is 0 Å². The highest BCUT2D eigenvalue weighted by Gasteiger charge is 2.14. The number of fused-ring (bicyclic) bond motifs is 1. The molecule has 0 bridgehead atoms. The zero-order valence-electron chi connectivity index (χ0n) is 17.2. The van der Waals surface area contributed by atoms with Gasteiger partial charge in [-0.15, -0.1) is 0 Å². The minimum atomic E-state index is -0.430. The van der Waals surface area contributed by atoms with Gasteiger partial charge in [0, 0.05) is 24.2 Å². The van der Waals surface area contributed by atoms with Crippen molar-refractivity contribution >= 4 is 34.3 Å². The molecule has 0 unspecified atom stereocenters. The van der Waals surface area contributed by atoms with Gasteiger partial charge >= 0.3 is 5.97 Å². The van der Waals surface area contributed by atoms with E-state index in [2.05, 4.69) is 15.0 Å². The number of nitrogens with one attached hydrogen (secondary N) is 1. The number of carbonyl (C=O) groups excluding carboxylic acids is 2. The Morgan fingerprint density at radius 2 is 1.84 bits per heavy atom. The number of methoxy groups -OCH3 is 1. The van der Waals surface area contributed by atoms with Crippen LogP contribution in [0.25, 0.3) is 10.9 Å². The second kappa shape index (κ2) is 9.44. The van der Waals surface area contributed by atoms with Gasteiger partial charge in [-0.05, 0) is 42.5 Å². The van der Waals surface area contributed by atoms with Gasteiger partial charge in [-0.3, -0.25) is 4.79 Å². The average molecular weight is 421 g/mol. The molecule has 8 heteroatoms. The zero-order chi connectivity index (χ0) is 21.6. The van der Waals surface area contributed by atoms with Crippen LogP contribution in [0, 0.1) is 0 Å². The molecule has 2 heterocycles. The van der Waals surface area contributed by atoms with Crippen LogP contribution in [0.1, 0.15) is 10.4 Å². The van der Waals surface area contributed by atoms with Crippen LogP contribution in [-0.2, 0) is 14.3 Å². The van der Waals surface area contributed by atoms with Crippen molar-refractivity contribution < 1.29 is 23.8 Å². The van der Waals surface area contributed by atoms with Crippen molar-refractivity contribution in [3.63, 3.8) is 0 Å². The van der Waals surface area contributed by atoms with Crippen LogP contribution in [0.4, 0.5) is 11.5 Å². The predicted octanol–water partition coefficient (Wildman–Crippen LogP) is 2.88. The van der Waals surface area contributed by atoms with Crippen molar-refractivity contribution in [1.82, 2.24) is 4.98 Å². The van der Waals surface area contributed by atoms with E-state index < -0.39 is 5.97 Å². The summed E-state index contributed by atoms with van der Waals surface area (Å²) in [6.45, 7) is 2.77. The van der Waals surface area contributed by atoms with Gasteiger partial charge < -0.3 is 24.4 Å². The minimum absolute atomic E-state index is 0.165. The molecular formula is C23H23N3O5. The molecule has 160 valence electrons. The molecule has 0 radical (unpaired) electrons. The maximum absolute atomic E-state index is 12.3. The monoisotopic (exact) mass is 421 g/mol. The first-order valence-electron chi connectivity index (χ1n) is 9.97. The van der Waals surface area contributed by atoms with E-state index in [1.54, 1.807) is 30.3 Å². The van der Waals surface area contributed by atoms with E-state index in [9.17, 15) is 9.59 Å². The molecule has 0 aliphatic carbocycles. The van der Waals surface area contributed by atoms with Gasteiger partial charge in [0.05, 0.1) is 25.9 Å². The third kappa shape index (κ3) is 4.92. The van der Waals surface area contributed by atoms with Gasteiger partial charge in [-0.1, -0.05) is 12.1 Å². The zero-order valence-corrected chi connectivity index (χ0v) is 17.2. The lowest BCUT2D eigenvalue weighted by atomic mass is 10.2. The summed E-state index contributed by atoms with van der Waals surface area (Å²) in [5, 5.41) is 3.69. The number of para-hydroxylation sites is 1. The summed E-state index contributed by atoms with van der Waals surface area (Å²) in [4.78, 5) is 30.8. The lowest BCUT2D eigenvalue weighted by Crippen LogP contribution is -2.36. The number of nitrogens with zero attached hydrogens (tertiary/aromatic N) is 2. The fourth-order valence-electron chi connectivity index (χ4n) is 3.34. The molecule has 1 amide bonds. The number of morpholine rings is 1. The standard InChI is InChI=1S/C23H23N3O5/c1-29-23(28)17-5-8-18(9-6-17)24-21(27)15-31-19-4-2-3-16-7-10-20(25-22(16)19)26-11-13-30-14-12-26/h2-10H,11-15H2,1H3,(H,24,27). The lowest BCUT2D eigenvalue weighted by molar-refractivity contribution is -0.118.